The Morgan fingerprint density at radius 1 is 1.19 bits per heavy atom. The molecule has 0 unspecified atom stereocenters. The molecule has 4 rings (SSSR count). The molecule has 2 aromatic carbocycles. The highest BCUT2D eigenvalue weighted by atomic mass is 35.5. The number of aryl methyl sites for hydroxylation is 1. The number of rotatable bonds is 4. The molecule has 0 radical (unpaired) electrons. The topological polar surface area (TPSA) is 69.9 Å². The highest BCUT2D eigenvalue weighted by molar-refractivity contribution is 7.80. The first-order valence-electron chi connectivity index (χ1n) is 9.06. The molecule has 11 heteroatoms. The monoisotopic (exact) mass is 480 g/mol. The van der Waals surface area contributed by atoms with Crippen molar-refractivity contribution in [3.8, 4) is 28.3 Å². The lowest BCUT2D eigenvalue weighted by Crippen LogP contribution is -2.16. The third-order valence-corrected chi connectivity index (χ3v) is 5.19. The Morgan fingerprint density at radius 2 is 1.91 bits per heavy atom. The van der Waals surface area contributed by atoms with Crippen molar-refractivity contribution in [2.24, 2.45) is 5.73 Å². The summed E-state index contributed by atoms with van der Waals surface area (Å²) in [6.07, 6.45) is -3.86. The summed E-state index contributed by atoms with van der Waals surface area (Å²) in [4.78, 5) is -0.341. The minimum absolute atomic E-state index is 0.0335. The molecule has 0 aliphatic carbocycles. The quantitative estimate of drug-likeness (QED) is 0.289. The lowest BCUT2D eigenvalue weighted by Gasteiger charge is -2.13. The molecule has 2 aromatic heterocycles. The molecule has 164 valence electrons. The molecular weight excluding hydrogens is 468 g/mol. The van der Waals surface area contributed by atoms with Crippen LogP contribution in [0.3, 0.4) is 0 Å². The Labute approximate surface area is 189 Å². The fraction of sp³-hybridized carbons (Fsp3) is 0.0952. The van der Waals surface area contributed by atoms with Crippen LogP contribution in [0.15, 0.2) is 53.2 Å². The molecule has 0 saturated carbocycles. The summed E-state index contributed by atoms with van der Waals surface area (Å²) in [6, 6.07) is 10.3. The number of hydrogen-bond acceptors (Lipinski definition) is 4. The van der Waals surface area contributed by atoms with Crippen molar-refractivity contribution >= 4 is 28.8 Å². The van der Waals surface area contributed by atoms with Crippen LogP contribution in [-0.2, 0) is 6.18 Å². The summed E-state index contributed by atoms with van der Waals surface area (Å²) in [5.41, 5.74) is 4.58. The zero-order valence-electron chi connectivity index (χ0n) is 16.2. The van der Waals surface area contributed by atoms with Crippen LogP contribution >= 0.6 is 23.8 Å². The van der Waals surface area contributed by atoms with Crippen LogP contribution in [0.2, 0.25) is 5.02 Å². The molecule has 2 heterocycles. The Morgan fingerprint density at radius 3 is 2.53 bits per heavy atom. The van der Waals surface area contributed by atoms with Crippen LogP contribution < -0.4 is 5.73 Å². The first kappa shape index (κ1) is 22.0. The SMILES string of the molecule is Cc1cccc(-n2ncc(-c3onc(-c4c(F)cccc4Cl)c3C(N)=S)c2C(F)(F)F)c1. The maximum Gasteiger partial charge on any atom is 0.434 e. The van der Waals surface area contributed by atoms with Crippen molar-refractivity contribution in [3.05, 3.63) is 76.3 Å². The molecule has 0 atom stereocenters. The molecule has 0 saturated heterocycles. The van der Waals surface area contributed by atoms with Gasteiger partial charge >= 0.3 is 6.18 Å². The average molecular weight is 481 g/mol. The average Bonchev–Trinajstić information content (AvgIpc) is 3.32. The van der Waals surface area contributed by atoms with E-state index in [-0.39, 0.29) is 32.5 Å². The second kappa shape index (κ2) is 8.03. The Balaban J connectivity index is 2.00. The fourth-order valence-corrected chi connectivity index (χ4v) is 3.78. The van der Waals surface area contributed by atoms with Gasteiger partial charge in [-0.15, -0.1) is 0 Å². The van der Waals surface area contributed by atoms with Crippen LogP contribution in [0, 0.1) is 12.7 Å². The Bertz CT molecular complexity index is 1330. The summed E-state index contributed by atoms with van der Waals surface area (Å²) in [7, 11) is 0. The zero-order valence-corrected chi connectivity index (χ0v) is 17.8. The summed E-state index contributed by atoms with van der Waals surface area (Å²) in [6.45, 7) is 1.74. The van der Waals surface area contributed by atoms with Crippen molar-refractivity contribution in [2.75, 3.05) is 0 Å². The van der Waals surface area contributed by atoms with E-state index in [0.717, 1.165) is 22.5 Å². The van der Waals surface area contributed by atoms with Crippen molar-refractivity contribution in [2.45, 2.75) is 13.1 Å². The molecule has 0 aliphatic heterocycles. The van der Waals surface area contributed by atoms with Gasteiger partial charge in [-0.2, -0.15) is 18.3 Å². The summed E-state index contributed by atoms with van der Waals surface area (Å²) < 4.78 is 62.8. The predicted molar refractivity (Wildman–Crippen MR) is 115 cm³/mol. The van der Waals surface area contributed by atoms with Gasteiger partial charge in [-0.3, -0.25) is 0 Å². The molecule has 4 aromatic rings. The van der Waals surface area contributed by atoms with Gasteiger partial charge in [-0.25, -0.2) is 9.07 Å². The molecule has 0 fully saturated rings. The molecule has 5 nitrogen and oxygen atoms in total. The minimum atomic E-state index is -4.83. The number of halogens is 5. The summed E-state index contributed by atoms with van der Waals surface area (Å²) in [5, 5.41) is 7.63. The van der Waals surface area contributed by atoms with Crippen LogP contribution in [-0.4, -0.2) is 19.9 Å². The van der Waals surface area contributed by atoms with E-state index in [1.807, 2.05) is 0 Å². The lowest BCUT2D eigenvalue weighted by atomic mass is 10.0. The van der Waals surface area contributed by atoms with E-state index in [0.29, 0.717) is 0 Å². The third kappa shape index (κ3) is 3.76. The molecule has 0 aliphatic rings. The number of benzene rings is 2. The minimum Gasteiger partial charge on any atom is -0.389 e. The summed E-state index contributed by atoms with van der Waals surface area (Å²) >= 11 is 11.1. The van der Waals surface area contributed by atoms with E-state index in [4.69, 9.17) is 34.1 Å². The Kier molecular flexibility index (Phi) is 5.51. The molecule has 32 heavy (non-hydrogen) atoms. The number of nitrogens with two attached hydrogens (primary N) is 1. The van der Waals surface area contributed by atoms with Gasteiger partial charge < -0.3 is 10.3 Å². The first-order chi connectivity index (χ1) is 15.1. The summed E-state index contributed by atoms with van der Waals surface area (Å²) in [5.74, 6) is -1.15. The van der Waals surface area contributed by atoms with Crippen LogP contribution in [0.5, 0.6) is 0 Å². The molecular formula is C21H13ClF4N4OS. The van der Waals surface area contributed by atoms with E-state index >= 15 is 0 Å². The van der Waals surface area contributed by atoms with Gasteiger partial charge in [-0.05, 0) is 36.8 Å². The van der Waals surface area contributed by atoms with Gasteiger partial charge in [0, 0.05) is 0 Å². The molecule has 2 N–H and O–H groups in total. The highest BCUT2D eigenvalue weighted by Gasteiger charge is 2.41. The number of nitrogens with zero attached hydrogens (tertiary/aromatic N) is 3. The van der Waals surface area contributed by atoms with Gasteiger partial charge in [0.25, 0.3) is 0 Å². The lowest BCUT2D eigenvalue weighted by molar-refractivity contribution is -0.142. The predicted octanol–water partition coefficient (Wildman–Crippen LogP) is 5.95. The largest absolute Gasteiger partial charge is 0.434 e. The van der Waals surface area contributed by atoms with E-state index < -0.39 is 29.0 Å². The third-order valence-electron chi connectivity index (χ3n) is 4.67. The normalized spacial score (nSPS) is 11.7. The molecule has 0 amide bonds. The van der Waals surface area contributed by atoms with Gasteiger partial charge in [0.15, 0.2) is 11.5 Å². The number of alkyl halides is 3. The standard InChI is InChI=1S/C21H13ClF4N4OS/c1-10-4-2-5-11(8-10)30-19(21(24,25)26)12(9-28-30)18-16(20(27)32)17(29-31-18)15-13(22)6-3-7-14(15)23/h2-9H,1H3,(H2,27,32). The second-order valence-electron chi connectivity index (χ2n) is 6.85. The first-order valence-corrected chi connectivity index (χ1v) is 9.84. The Hall–Kier alpha value is -3.24. The van der Waals surface area contributed by atoms with Crippen molar-refractivity contribution < 1.29 is 22.1 Å². The van der Waals surface area contributed by atoms with Gasteiger partial charge in [-0.1, -0.05) is 47.2 Å². The van der Waals surface area contributed by atoms with E-state index in [9.17, 15) is 17.6 Å². The van der Waals surface area contributed by atoms with Gasteiger partial charge in [0.2, 0.25) is 0 Å². The number of thiocarbonyl (C=S) groups is 1. The zero-order chi connectivity index (χ0) is 23.2. The van der Waals surface area contributed by atoms with Crippen molar-refractivity contribution in [3.63, 3.8) is 0 Å². The van der Waals surface area contributed by atoms with Gasteiger partial charge in [0.05, 0.1) is 33.6 Å². The maximum absolute atomic E-state index is 14.5. The molecule has 0 bridgehead atoms. The van der Waals surface area contributed by atoms with Crippen LogP contribution in [0.25, 0.3) is 28.3 Å². The number of hydrogen-bond donors (Lipinski definition) is 1. The van der Waals surface area contributed by atoms with Gasteiger partial charge in [0.1, 0.15) is 16.5 Å². The second-order valence-corrected chi connectivity index (χ2v) is 7.70. The van der Waals surface area contributed by atoms with E-state index in [1.165, 1.54) is 18.2 Å². The van der Waals surface area contributed by atoms with Crippen molar-refractivity contribution in [1.82, 2.24) is 14.9 Å². The molecule has 0 spiro atoms. The van der Waals surface area contributed by atoms with Crippen molar-refractivity contribution in [1.29, 1.82) is 0 Å². The maximum atomic E-state index is 14.5. The smallest absolute Gasteiger partial charge is 0.389 e. The van der Waals surface area contributed by atoms with E-state index in [2.05, 4.69) is 10.3 Å². The number of aromatic nitrogens is 3. The fourth-order valence-electron chi connectivity index (χ4n) is 3.34. The van der Waals surface area contributed by atoms with Crippen LogP contribution in [0.1, 0.15) is 16.8 Å². The van der Waals surface area contributed by atoms with Crippen LogP contribution in [0.4, 0.5) is 17.6 Å². The van der Waals surface area contributed by atoms with E-state index in [1.54, 1.807) is 25.1 Å². The highest BCUT2D eigenvalue weighted by Crippen LogP contribution is 2.42.